The fourth-order valence-corrected chi connectivity index (χ4v) is 2.90. The van der Waals surface area contributed by atoms with Gasteiger partial charge in [-0.05, 0) is 45.0 Å². The third-order valence-corrected chi connectivity index (χ3v) is 4.22. The lowest BCUT2D eigenvalue weighted by Crippen LogP contribution is -2.30. The van der Waals surface area contributed by atoms with Crippen molar-refractivity contribution in [1.82, 2.24) is 14.7 Å². The minimum atomic E-state index is 0. The molecule has 0 aliphatic heterocycles. The third kappa shape index (κ3) is 5.75. The quantitative estimate of drug-likeness (QED) is 0.283. The van der Waals surface area contributed by atoms with Crippen molar-refractivity contribution in [2.75, 3.05) is 25.6 Å². The van der Waals surface area contributed by atoms with Gasteiger partial charge in [0.25, 0.3) is 0 Å². The van der Waals surface area contributed by atoms with Crippen molar-refractivity contribution in [1.29, 1.82) is 0 Å². The van der Waals surface area contributed by atoms with E-state index in [2.05, 4.69) is 38.0 Å². The largest absolute Gasteiger partial charge is 0.493 e. The van der Waals surface area contributed by atoms with E-state index in [0.717, 1.165) is 35.0 Å². The Balaban J connectivity index is 0.00000300. The maximum absolute atomic E-state index is 5.57. The van der Waals surface area contributed by atoms with Crippen LogP contribution < -0.4 is 20.1 Å². The molecule has 7 nitrogen and oxygen atoms in total. The topological polar surface area (TPSA) is 72.2 Å². The average Bonchev–Trinajstić information content (AvgIpc) is 3.12. The van der Waals surface area contributed by atoms with E-state index in [-0.39, 0.29) is 24.0 Å². The van der Waals surface area contributed by atoms with Crippen LogP contribution in [0.25, 0.3) is 5.65 Å². The lowest BCUT2D eigenvalue weighted by molar-refractivity contribution is 0.311. The lowest BCUT2D eigenvalue weighted by atomic mass is 10.2. The van der Waals surface area contributed by atoms with E-state index in [1.165, 1.54) is 0 Å². The number of guanidine groups is 1. The fraction of sp³-hybridized carbons (Fsp3) is 0.333. The van der Waals surface area contributed by atoms with Crippen molar-refractivity contribution >= 4 is 41.3 Å². The van der Waals surface area contributed by atoms with Crippen LogP contribution in [-0.2, 0) is 6.54 Å². The Kier molecular flexibility index (Phi) is 8.56. The van der Waals surface area contributed by atoms with Crippen LogP contribution in [0.4, 0.5) is 5.69 Å². The number of fused-ring (bicyclic) bond motifs is 1. The van der Waals surface area contributed by atoms with Crippen molar-refractivity contribution < 1.29 is 9.47 Å². The summed E-state index contributed by atoms with van der Waals surface area (Å²) < 4.78 is 13.1. The summed E-state index contributed by atoms with van der Waals surface area (Å²) in [6, 6.07) is 11.8. The Morgan fingerprint density at radius 1 is 1.17 bits per heavy atom. The lowest BCUT2D eigenvalue weighted by Gasteiger charge is -2.14. The van der Waals surface area contributed by atoms with Crippen molar-refractivity contribution in [2.24, 2.45) is 4.99 Å². The number of rotatable bonds is 7. The maximum Gasteiger partial charge on any atom is 0.196 e. The highest BCUT2D eigenvalue weighted by Gasteiger charge is 2.08. The minimum absolute atomic E-state index is 0. The first-order valence-corrected chi connectivity index (χ1v) is 9.44. The molecule has 0 atom stereocenters. The number of nitrogens with one attached hydrogen (secondary N) is 2. The molecule has 2 N–H and O–H groups in total. The van der Waals surface area contributed by atoms with Gasteiger partial charge >= 0.3 is 0 Å². The average molecular weight is 509 g/mol. The molecule has 0 unspecified atom stereocenters. The maximum atomic E-state index is 5.57. The summed E-state index contributed by atoms with van der Waals surface area (Å²) in [6.45, 7) is 7.86. The molecule has 0 aliphatic rings. The second-order valence-corrected chi connectivity index (χ2v) is 6.25. The Hall–Kier alpha value is -2.49. The van der Waals surface area contributed by atoms with Gasteiger partial charge in [0.2, 0.25) is 0 Å². The molecule has 0 radical (unpaired) electrons. The number of imidazole rings is 1. The van der Waals surface area contributed by atoms with E-state index in [0.29, 0.717) is 24.9 Å². The molecule has 0 spiro atoms. The first-order chi connectivity index (χ1) is 13.6. The van der Waals surface area contributed by atoms with Gasteiger partial charge in [0.1, 0.15) is 5.65 Å². The Labute approximate surface area is 188 Å². The van der Waals surface area contributed by atoms with Crippen molar-refractivity contribution in [3.8, 4) is 11.5 Å². The van der Waals surface area contributed by atoms with Crippen molar-refractivity contribution in [2.45, 2.75) is 27.3 Å². The number of aromatic nitrogens is 2. The molecule has 29 heavy (non-hydrogen) atoms. The molecule has 1 aromatic carbocycles. The van der Waals surface area contributed by atoms with Gasteiger partial charge in [0.05, 0.1) is 26.0 Å². The van der Waals surface area contributed by atoms with Crippen LogP contribution in [0.1, 0.15) is 25.2 Å². The molecule has 8 heteroatoms. The van der Waals surface area contributed by atoms with Crippen LogP contribution in [0.15, 0.2) is 47.6 Å². The molecule has 0 saturated heterocycles. The van der Waals surface area contributed by atoms with Crippen LogP contribution >= 0.6 is 24.0 Å². The standard InChI is InChI=1S/C21H27N5O2.HI/c1-5-22-21(25-16-10-11-18(28-6-2)19(12-16)27-4)23-13-17-14-26-15(3)8-7-9-20(26)24-17;/h7-12,14H,5-6,13H2,1-4H3,(H2,22,23,25);1H. The number of nitrogens with zero attached hydrogens (tertiary/aromatic N) is 3. The molecule has 0 bridgehead atoms. The molecule has 0 amide bonds. The second kappa shape index (κ2) is 10.9. The smallest absolute Gasteiger partial charge is 0.196 e. The van der Waals surface area contributed by atoms with Gasteiger partial charge in [-0.3, -0.25) is 0 Å². The summed E-state index contributed by atoms with van der Waals surface area (Å²) in [4.78, 5) is 9.30. The van der Waals surface area contributed by atoms with E-state index in [4.69, 9.17) is 9.47 Å². The van der Waals surface area contributed by atoms with Crippen LogP contribution in [0.5, 0.6) is 11.5 Å². The number of hydrogen-bond acceptors (Lipinski definition) is 4. The van der Waals surface area contributed by atoms with Crippen LogP contribution in [0.2, 0.25) is 0 Å². The first kappa shape index (κ1) is 22.8. The van der Waals surface area contributed by atoms with Gasteiger partial charge in [-0.2, -0.15) is 0 Å². The number of halogens is 1. The zero-order valence-corrected chi connectivity index (χ0v) is 19.6. The molecule has 3 rings (SSSR count). The van der Waals surface area contributed by atoms with Crippen LogP contribution in [0.3, 0.4) is 0 Å². The Bertz CT molecular complexity index is 971. The predicted octanol–water partition coefficient (Wildman–Crippen LogP) is 4.25. The molecule has 0 aliphatic carbocycles. The van der Waals surface area contributed by atoms with E-state index in [1.807, 2.05) is 50.4 Å². The monoisotopic (exact) mass is 509 g/mol. The summed E-state index contributed by atoms with van der Waals surface area (Å²) in [5.74, 6) is 2.08. The minimum Gasteiger partial charge on any atom is -0.493 e. The van der Waals surface area contributed by atoms with Gasteiger partial charge < -0.3 is 24.5 Å². The highest BCUT2D eigenvalue weighted by molar-refractivity contribution is 14.0. The number of methoxy groups -OCH3 is 1. The molecular formula is C21H28IN5O2. The number of aryl methyl sites for hydroxylation is 1. The molecule has 0 fully saturated rings. The predicted molar refractivity (Wildman–Crippen MR) is 128 cm³/mol. The molecular weight excluding hydrogens is 481 g/mol. The zero-order chi connectivity index (χ0) is 19.9. The molecule has 2 aromatic heterocycles. The van der Waals surface area contributed by atoms with Crippen LogP contribution in [-0.4, -0.2) is 35.6 Å². The highest BCUT2D eigenvalue weighted by Crippen LogP contribution is 2.30. The number of aliphatic imine (C=N–C) groups is 1. The molecule has 3 aromatic rings. The van der Waals surface area contributed by atoms with E-state index in [1.54, 1.807) is 7.11 Å². The molecule has 156 valence electrons. The van der Waals surface area contributed by atoms with Crippen molar-refractivity contribution in [3.05, 3.63) is 54.0 Å². The van der Waals surface area contributed by atoms with Gasteiger partial charge in [-0.15, -0.1) is 24.0 Å². The number of pyridine rings is 1. The van der Waals surface area contributed by atoms with E-state index >= 15 is 0 Å². The Morgan fingerprint density at radius 2 is 2.00 bits per heavy atom. The fourth-order valence-electron chi connectivity index (χ4n) is 2.90. The summed E-state index contributed by atoms with van der Waals surface area (Å²) >= 11 is 0. The van der Waals surface area contributed by atoms with Crippen molar-refractivity contribution in [3.63, 3.8) is 0 Å². The van der Waals surface area contributed by atoms with Crippen LogP contribution in [0, 0.1) is 6.92 Å². The molecule has 2 heterocycles. The molecule has 0 saturated carbocycles. The summed E-state index contributed by atoms with van der Waals surface area (Å²) in [5, 5.41) is 6.56. The number of hydrogen-bond donors (Lipinski definition) is 2. The summed E-state index contributed by atoms with van der Waals surface area (Å²) in [5.41, 5.74) is 3.85. The van der Waals surface area contributed by atoms with Gasteiger partial charge in [0, 0.05) is 30.2 Å². The third-order valence-electron chi connectivity index (χ3n) is 4.22. The van der Waals surface area contributed by atoms with E-state index in [9.17, 15) is 0 Å². The van der Waals surface area contributed by atoms with Gasteiger partial charge in [0.15, 0.2) is 17.5 Å². The SMILES string of the molecule is CCNC(=NCc1cn2c(C)cccc2n1)Nc1ccc(OCC)c(OC)c1.I. The van der Waals surface area contributed by atoms with E-state index < -0.39 is 0 Å². The summed E-state index contributed by atoms with van der Waals surface area (Å²) in [7, 11) is 1.63. The number of anilines is 1. The van der Waals surface area contributed by atoms with Gasteiger partial charge in [-0.1, -0.05) is 6.07 Å². The number of benzene rings is 1. The second-order valence-electron chi connectivity index (χ2n) is 6.25. The highest BCUT2D eigenvalue weighted by atomic mass is 127. The number of ether oxygens (including phenoxy) is 2. The normalized spacial score (nSPS) is 11.1. The van der Waals surface area contributed by atoms with Gasteiger partial charge in [-0.25, -0.2) is 9.98 Å². The summed E-state index contributed by atoms with van der Waals surface area (Å²) in [6.07, 6.45) is 2.03. The first-order valence-electron chi connectivity index (χ1n) is 9.44. The zero-order valence-electron chi connectivity index (χ0n) is 17.2. The Morgan fingerprint density at radius 3 is 2.69 bits per heavy atom.